The molecule has 48 heavy (non-hydrogen) atoms. The Kier molecular flexibility index (Phi) is 12.6. The van der Waals surface area contributed by atoms with E-state index < -0.39 is 10.8 Å². The van der Waals surface area contributed by atoms with Crippen molar-refractivity contribution in [2.24, 2.45) is 0 Å². The molecule has 9 heteroatoms. The molecule has 2 aromatic heterocycles. The number of ether oxygens (including phenoxy) is 2. The van der Waals surface area contributed by atoms with Crippen molar-refractivity contribution in [2.45, 2.75) is 57.2 Å². The molecule has 2 heterocycles. The molecule has 250 valence electrons. The number of carbonyl (C=O) groups excluding carboxylic acids is 1. The highest BCUT2D eigenvalue weighted by Gasteiger charge is 2.12. The van der Waals surface area contributed by atoms with Gasteiger partial charge in [0.15, 0.2) is 0 Å². The number of anilines is 1. The largest absolute Gasteiger partial charge is 0.491 e. The predicted octanol–water partition coefficient (Wildman–Crippen LogP) is 8.30. The summed E-state index contributed by atoms with van der Waals surface area (Å²) in [4.78, 5) is 18.2. The highest BCUT2D eigenvalue weighted by Crippen LogP contribution is 2.28. The Bertz CT molecular complexity index is 1810. The fraction of sp³-hybridized carbons (Fsp3) is 0.282. The quantitative estimate of drug-likeness (QED) is 0.0799. The van der Waals surface area contributed by atoms with Crippen LogP contribution in [0.25, 0.3) is 22.9 Å². The summed E-state index contributed by atoms with van der Waals surface area (Å²) in [6.45, 7) is 8.76. The van der Waals surface area contributed by atoms with E-state index in [1.165, 1.54) is 0 Å². The summed E-state index contributed by atoms with van der Waals surface area (Å²) in [7, 11) is -1.22. The SMILES string of the molecule is CCCCOCCOc1ccc(-c2ccc(-n3cccc3)c(/C=C(\C)C(=O)Nc3ccc(S(=O)Cc4cncn4CCC)cc3)c2)cc1. The molecule has 0 aliphatic carbocycles. The molecule has 0 bridgehead atoms. The lowest BCUT2D eigenvalue weighted by Crippen LogP contribution is -2.12. The van der Waals surface area contributed by atoms with Gasteiger partial charge in [0.05, 0.1) is 40.9 Å². The van der Waals surface area contributed by atoms with E-state index in [1.807, 2.05) is 70.9 Å². The fourth-order valence-corrected chi connectivity index (χ4v) is 6.35. The van der Waals surface area contributed by atoms with Gasteiger partial charge in [0, 0.05) is 47.9 Å². The van der Waals surface area contributed by atoms with Gasteiger partial charge in [-0.05, 0) is 103 Å². The molecule has 0 fully saturated rings. The molecule has 0 aliphatic heterocycles. The number of nitrogens with zero attached hydrogens (tertiary/aromatic N) is 3. The van der Waals surface area contributed by atoms with E-state index in [1.54, 1.807) is 36.8 Å². The van der Waals surface area contributed by atoms with Crippen molar-refractivity contribution < 1.29 is 18.5 Å². The van der Waals surface area contributed by atoms with Gasteiger partial charge in [-0.15, -0.1) is 0 Å². The minimum absolute atomic E-state index is 0.212. The van der Waals surface area contributed by atoms with Crippen molar-refractivity contribution in [3.05, 3.63) is 121 Å². The zero-order valence-electron chi connectivity index (χ0n) is 27.9. The summed E-state index contributed by atoms with van der Waals surface area (Å²) in [6, 6.07) is 25.4. The predicted molar refractivity (Wildman–Crippen MR) is 194 cm³/mol. The smallest absolute Gasteiger partial charge is 0.251 e. The van der Waals surface area contributed by atoms with Crippen LogP contribution in [0.2, 0.25) is 0 Å². The average molecular weight is 665 g/mol. The molecular formula is C39H44N4O4S. The molecule has 8 nitrogen and oxygen atoms in total. The molecule has 0 spiro atoms. The van der Waals surface area contributed by atoms with Crippen LogP contribution in [0.15, 0.2) is 114 Å². The lowest BCUT2D eigenvalue weighted by atomic mass is 10.00. The van der Waals surface area contributed by atoms with E-state index in [9.17, 15) is 9.00 Å². The van der Waals surface area contributed by atoms with Crippen LogP contribution in [0.1, 0.15) is 51.3 Å². The van der Waals surface area contributed by atoms with Crippen LogP contribution in [0.4, 0.5) is 5.69 Å². The Balaban J connectivity index is 1.26. The Morgan fingerprint density at radius 2 is 1.67 bits per heavy atom. The highest BCUT2D eigenvalue weighted by molar-refractivity contribution is 7.84. The van der Waals surface area contributed by atoms with Gasteiger partial charge in [-0.3, -0.25) is 9.00 Å². The third-order valence-corrected chi connectivity index (χ3v) is 9.24. The molecule has 1 atom stereocenters. The summed E-state index contributed by atoms with van der Waals surface area (Å²) in [5, 5.41) is 2.99. The van der Waals surface area contributed by atoms with Gasteiger partial charge in [0.25, 0.3) is 5.91 Å². The number of carbonyl (C=O) groups is 1. The Hall–Kier alpha value is -4.73. The van der Waals surface area contributed by atoms with Crippen molar-refractivity contribution >= 4 is 28.5 Å². The number of hydrogen-bond acceptors (Lipinski definition) is 5. The fourth-order valence-electron chi connectivity index (χ4n) is 5.24. The second-order valence-corrected chi connectivity index (χ2v) is 13.0. The van der Waals surface area contributed by atoms with Gasteiger partial charge in [-0.25, -0.2) is 4.98 Å². The summed E-state index contributed by atoms with van der Waals surface area (Å²) in [5.41, 5.74) is 6.09. The minimum Gasteiger partial charge on any atom is -0.491 e. The van der Waals surface area contributed by atoms with E-state index in [-0.39, 0.29) is 5.91 Å². The number of rotatable bonds is 17. The van der Waals surface area contributed by atoms with Crippen molar-refractivity contribution in [2.75, 3.05) is 25.1 Å². The van der Waals surface area contributed by atoms with Crippen molar-refractivity contribution in [3.8, 4) is 22.6 Å². The van der Waals surface area contributed by atoms with Crippen molar-refractivity contribution in [1.29, 1.82) is 0 Å². The van der Waals surface area contributed by atoms with Gasteiger partial charge in [-0.2, -0.15) is 0 Å². The van der Waals surface area contributed by atoms with Crippen LogP contribution in [0.5, 0.6) is 5.75 Å². The second kappa shape index (κ2) is 17.4. The number of hydrogen-bond donors (Lipinski definition) is 1. The Labute approximate surface area is 285 Å². The third kappa shape index (κ3) is 9.42. The maximum absolute atomic E-state index is 13.3. The van der Waals surface area contributed by atoms with E-state index in [0.717, 1.165) is 66.2 Å². The standard InChI is InChI=1S/C39H44N4O4S/c1-4-6-22-46-23-24-47-36-14-9-31(10-15-36)32-11-18-38(42-20-7-8-21-42)33(26-32)25-30(3)39(44)41-34-12-16-37(17-13-34)48(45)28-35-27-40-29-43(35)19-5-2/h7-18,20-21,25-27,29H,4-6,19,22-24,28H2,1-3H3,(H,41,44)/b30-25+. The van der Waals surface area contributed by atoms with Crippen LogP contribution in [0.3, 0.4) is 0 Å². The summed E-state index contributed by atoms with van der Waals surface area (Å²) >= 11 is 0. The lowest BCUT2D eigenvalue weighted by molar-refractivity contribution is -0.112. The van der Waals surface area contributed by atoms with E-state index in [4.69, 9.17) is 9.47 Å². The molecular weight excluding hydrogens is 621 g/mol. The Morgan fingerprint density at radius 3 is 2.40 bits per heavy atom. The van der Waals surface area contributed by atoms with Gasteiger partial charge in [0.1, 0.15) is 12.4 Å². The molecule has 5 aromatic rings. The van der Waals surface area contributed by atoms with Crippen LogP contribution in [0, 0.1) is 0 Å². The summed E-state index contributed by atoms with van der Waals surface area (Å²) in [5.74, 6) is 0.979. The molecule has 0 aliphatic rings. The second-order valence-electron chi connectivity index (χ2n) is 11.6. The van der Waals surface area contributed by atoms with Crippen LogP contribution in [-0.4, -0.2) is 44.1 Å². The summed E-state index contributed by atoms with van der Waals surface area (Å²) < 4.78 is 28.5. The summed E-state index contributed by atoms with van der Waals surface area (Å²) in [6.07, 6.45) is 12.6. The molecule has 1 N–H and O–H groups in total. The first-order chi connectivity index (χ1) is 23.4. The normalized spacial score (nSPS) is 12.2. The van der Waals surface area contributed by atoms with Gasteiger partial charge >= 0.3 is 0 Å². The van der Waals surface area contributed by atoms with E-state index in [2.05, 4.69) is 42.3 Å². The van der Waals surface area contributed by atoms with Crippen LogP contribution < -0.4 is 10.1 Å². The molecule has 0 saturated heterocycles. The number of benzene rings is 3. The van der Waals surface area contributed by atoms with E-state index >= 15 is 0 Å². The number of unbranched alkanes of at least 4 members (excludes halogenated alkanes) is 1. The minimum atomic E-state index is -1.22. The highest BCUT2D eigenvalue weighted by atomic mass is 32.2. The maximum Gasteiger partial charge on any atom is 0.251 e. The first kappa shape index (κ1) is 34.6. The number of aromatic nitrogens is 3. The molecule has 1 amide bonds. The first-order valence-electron chi connectivity index (χ1n) is 16.5. The molecule has 0 radical (unpaired) electrons. The molecule has 1 unspecified atom stereocenters. The van der Waals surface area contributed by atoms with Gasteiger partial charge in [-0.1, -0.05) is 38.5 Å². The zero-order valence-corrected chi connectivity index (χ0v) is 28.7. The molecule has 0 saturated carbocycles. The van der Waals surface area contributed by atoms with Gasteiger partial charge < -0.3 is 23.9 Å². The Morgan fingerprint density at radius 1 is 0.917 bits per heavy atom. The first-order valence-corrected chi connectivity index (χ1v) is 17.8. The zero-order chi connectivity index (χ0) is 33.7. The van der Waals surface area contributed by atoms with Crippen LogP contribution >= 0.6 is 0 Å². The number of imidazole rings is 1. The number of nitrogens with one attached hydrogen (secondary N) is 1. The van der Waals surface area contributed by atoms with E-state index in [0.29, 0.717) is 35.1 Å². The monoisotopic (exact) mass is 664 g/mol. The van der Waals surface area contributed by atoms with Crippen molar-refractivity contribution in [3.63, 3.8) is 0 Å². The molecule has 3 aromatic carbocycles. The molecule has 5 rings (SSSR count). The number of aryl methyl sites for hydroxylation is 1. The van der Waals surface area contributed by atoms with Crippen LogP contribution in [-0.2, 0) is 32.6 Å². The third-order valence-electron chi connectivity index (χ3n) is 7.88. The maximum atomic E-state index is 13.3. The average Bonchev–Trinajstić information content (AvgIpc) is 3.80. The number of amides is 1. The lowest BCUT2D eigenvalue weighted by Gasteiger charge is -2.13. The van der Waals surface area contributed by atoms with Crippen molar-refractivity contribution in [1.82, 2.24) is 14.1 Å². The topological polar surface area (TPSA) is 87.4 Å². The van der Waals surface area contributed by atoms with Gasteiger partial charge in [0.2, 0.25) is 0 Å².